The van der Waals surface area contributed by atoms with Gasteiger partial charge in [-0.05, 0) is 37.9 Å². The molecule has 0 N–H and O–H groups in total. The van der Waals surface area contributed by atoms with Crippen LogP contribution in [0.2, 0.25) is 0 Å². The Hall–Kier alpha value is -1.86. The summed E-state index contributed by atoms with van der Waals surface area (Å²) < 4.78 is 1.86. The number of rotatable bonds is 4. The highest BCUT2D eigenvalue weighted by atomic mass is 32.2. The molecule has 7 heteroatoms. The second-order valence-electron chi connectivity index (χ2n) is 6.70. The van der Waals surface area contributed by atoms with E-state index < -0.39 is 0 Å². The van der Waals surface area contributed by atoms with Crippen LogP contribution in [0.4, 0.5) is 0 Å². The number of pyridine rings is 1. The minimum absolute atomic E-state index is 0.126. The van der Waals surface area contributed by atoms with Gasteiger partial charge in [0.25, 0.3) is 0 Å². The van der Waals surface area contributed by atoms with Gasteiger partial charge in [-0.15, -0.1) is 11.8 Å². The van der Waals surface area contributed by atoms with Crippen molar-refractivity contribution in [3.05, 3.63) is 51.8 Å². The van der Waals surface area contributed by atoms with Gasteiger partial charge in [-0.25, -0.2) is 9.47 Å². The van der Waals surface area contributed by atoms with Gasteiger partial charge in [0.2, 0.25) is 0 Å². The van der Waals surface area contributed by atoms with Crippen molar-refractivity contribution in [3.63, 3.8) is 0 Å². The van der Waals surface area contributed by atoms with Crippen molar-refractivity contribution >= 4 is 11.8 Å². The van der Waals surface area contributed by atoms with Crippen molar-refractivity contribution in [1.82, 2.24) is 19.5 Å². The molecule has 1 fully saturated rings. The fraction of sp³-hybridized carbons (Fsp3) is 0.500. The molecule has 1 aliphatic carbocycles. The number of likely N-dealkylation sites (N-methyl/N-ethyl adjacent to an activating group) is 1. The Morgan fingerprint density at radius 2 is 2.04 bits per heavy atom. The zero-order valence-corrected chi connectivity index (χ0v) is 15.3. The van der Waals surface area contributed by atoms with Gasteiger partial charge in [0, 0.05) is 49.9 Å². The van der Waals surface area contributed by atoms with E-state index >= 15 is 0 Å². The third-order valence-corrected chi connectivity index (χ3v) is 6.03. The lowest BCUT2D eigenvalue weighted by Gasteiger charge is -2.35. The van der Waals surface area contributed by atoms with Crippen LogP contribution >= 0.6 is 11.8 Å². The molecule has 0 spiro atoms. The lowest BCUT2D eigenvalue weighted by molar-refractivity contribution is 0.282. The number of hydrogen-bond donors (Lipinski definition) is 0. The number of aromatic nitrogens is 3. The monoisotopic (exact) mass is 357 g/mol. The molecular formula is C18H23N5OS. The number of fused-ring (bicyclic) bond motifs is 1. The maximum Gasteiger partial charge on any atom is 0.367 e. The van der Waals surface area contributed by atoms with Crippen molar-refractivity contribution < 1.29 is 0 Å². The molecule has 2 aromatic heterocycles. The Morgan fingerprint density at radius 1 is 1.20 bits per heavy atom. The Morgan fingerprint density at radius 3 is 2.80 bits per heavy atom. The number of hydrogen-bond acceptors (Lipinski definition) is 6. The molecule has 2 aliphatic rings. The average Bonchev–Trinajstić information content (AvgIpc) is 3.11. The third-order valence-electron chi connectivity index (χ3n) is 4.94. The normalized spacial score (nSPS) is 17.7. The minimum atomic E-state index is -0.126. The number of thioether (sulfide) groups is 1. The van der Waals surface area contributed by atoms with Gasteiger partial charge in [-0.2, -0.15) is 4.98 Å². The van der Waals surface area contributed by atoms with E-state index in [0.717, 1.165) is 61.8 Å². The lowest BCUT2D eigenvalue weighted by Crippen LogP contribution is -2.54. The van der Waals surface area contributed by atoms with E-state index in [1.54, 1.807) is 18.0 Å². The van der Waals surface area contributed by atoms with E-state index in [9.17, 15) is 4.79 Å². The topological polar surface area (TPSA) is 54.3 Å². The largest absolute Gasteiger partial charge is 0.367 e. The maximum atomic E-state index is 12.8. The summed E-state index contributed by atoms with van der Waals surface area (Å²) in [5.41, 5.74) is 3.48. The first kappa shape index (κ1) is 16.6. The van der Waals surface area contributed by atoms with Crippen LogP contribution in [0.5, 0.6) is 0 Å². The zero-order chi connectivity index (χ0) is 17.2. The molecule has 2 aromatic rings. The first-order valence-corrected chi connectivity index (χ1v) is 9.81. The number of nitrogens with zero attached hydrogens (tertiary/aromatic N) is 5. The Labute approximate surface area is 151 Å². The summed E-state index contributed by atoms with van der Waals surface area (Å²) in [5, 5.41) is 3.08. The second kappa shape index (κ2) is 7.17. The zero-order valence-electron chi connectivity index (χ0n) is 14.5. The summed E-state index contributed by atoms with van der Waals surface area (Å²) in [4.78, 5) is 23.7. The van der Waals surface area contributed by atoms with Crippen molar-refractivity contribution in [2.45, 2.75) is 30.0 Å². The highest BCUT2D eigenvalue weighted by molar-refractivity contribution is 7.98. The van der Waals surface area contributed by atoms with Crippen LogP contribution in [-0.4, -0.2) is 52.8 Å². The molecular weight excluding hydrogens is 334 g/mol. The Bertz CT molecular complexity index is 799. The van der Waals surface area contributed by atoms with E-state index in [1.807, 2.05) is 16.9 Å². The first-order valence-electron chi connectivity index (χ1n) is 8.82. The minimum Gasteiger partial charge on any atom is -0.306 e. The van der Waals surface area contributed by atoms with Crippen LogP contribution in [-0.2, 0) is 18.6 Å². The van der Waals surface area contributed by atoms with Crippen molar-refractivity contribution in [1.29, 1.82) is 0 Å². The Kier molecular flexibility index (Phi) is 4.76. The summed E-state index contributed by atoms with van der Waals surface area (Å²) in [6.45, 7) is 3.73. The van der Waals surface area contributed by atoms with Gasteiger partial charge < -0.3 is 9.91 Å². The second-order valence-corrected chi connectivity index (χ2v) is 7.66. The van der Waals surface area contributed by atoms with E-state index in [4.69, 9.17) is 0 Å². The summed E-state index contributed by atoms with van der Waals surface area (Å²) in [6.07, 6.45) is 6.75. The molecule has 132 valence electrons. The predicted octanol–water partition coefficient (Wildman–Crippen LogP) is 1.30. The lowest BCUT2D eigenvalue weighted by atomic mass is 10.3. The van der Waals surface area contributed by atoms with Crippen molar-refractivity contribution in [2.75, 3.05) is 38.2 Å². The molecule has 3 heterocycles. The van der Waals surface area contributed by atoms with Gasteiger partial charge in [0.1, 0.15) is 5.03 Å². The highest BCUT2D eigenvalue weighted by Crippen LogP contribution is 2.31. The van der Waals surface area contributed by atoms with E-state index in [0.29, 0.717) is 0 Å². The van der Waals surface area contributed by atoms with Crippen LogP contribution in [0.15, 0.2) is 34.3 Å². The maximum absolute atomic E-state index is 12.8. The van der Waals surface area contributed by atoms with Crippen LogP contribution in [0.3, 0.4) is 0 Å². The summed E-state index contributed by atoms with van der Waals surface area (Å²) >= 11 is 1.66. The molecule has 25 heavy (non-hydrogen) atoms. The molecule has 0 bridgehead atoms. The highest BCUT2D eigenvalue weighted by Gasteiger charge is 2.26. The molecule has 0 atom stereocenters. The standard InChI is InChI=1S/C18H23N5OS/c1-21-8-10-22(11-9-21)23-16-6-2-5-15(16)17(20-18(23)24)25-13-14-4-3-7-19-12-14/h3-4,7,12H,2,5-6,8-11,13H2,1H3. The van der Waals surface area contributed by atoms with Gasteiger partial charge in [0.05, 0.1) is 5.69 Å². The smallest absolute Gasteiger partial charge is 0.306 e. The summed E-state index contributed by atoms with van der Waals surface area (Å²) in [6, 6.07) is 4.00. The van der Waals surface area contributed by atoms with Gasteiger partial charge >= 0.3 is 5.69 Å². The van der Waals surface area contributed by atoms with Crippen LogP contribution in [0.1, 0.15) is 23.2 Å². The van der Waals surface area contributed by atoms with Crippen molar-refractivity contribution in [3.8, 4) is 0 Å². The fourth-order valence-electron chi connectivity index (χ4n) is 3.55. The first-order chi connectivity index (χ1) is 12.2. The van der Waals surface area contributed by atoms with Crippen LogP contribution in [0.25, 0.3) is 0 Å². The molecule has 1 saturated heterocycles. The van der Waals surface area contributed by atoms with Gasteiger partial charge in [-0.1, -0.05) is 6.07 Å². The predicted molar refractivity (Wildman–Crippen MR) is 99.8 cm³/mol. The Balaban J connectivity index is 1.61. The molecule has 0 unspecified atom stereocenters. The quantitative estimate of drug-likeness (QED) is 0.607. The van der Waals surface area contributed by atoms with Crippen molar-refractivity contribution in [2.24, 2.45) is 0 Å². The molecule has 0 aromatic carbocycles. The van der Waals surface area contributed by atoms with Gasteiger partial charge in [0.15, 0.2) is 0 Å². The van der Waals surface area contributed by atoms with Crippen LogP contribution in [0, 0.1) is 0 Å². The molecule has 0 radical (unpaired) electrons. The van der Waals surface area contributed by atoms with E-state index in [-0.39, 0.29) is 5.69 Å². The van der Waals surface area contributed by atoms with Gasteiger partial charge in [-0.3, -0.25) is 4.98 Å². The third kappa shape index (κ3) is 3.43. The molecule has 0 amide bonds. The molecule has 1 aliphatic heterocycles. The molecule has 4 rings (SSSR count). The van der Waals surface area contributed by atoms with E-state index in [1.165, 1.54) is 11.3 Å². The summed E-state index contributed by atoms with van der Waals surface area (Å²) in [7, 11) is 2.13. The fourth-order valence-corrected chi connectivity index (χ4v) is 4.56. The SMILES string of the molecule is CN1CCN(n2c3c(c(SCc4cccnc4)nc2=O)CCC3)CC1. The number of piperazine rings is 1. The molecule has 6 nitrogen and oxygen atoms in total. The average molecular weight is 357 g/mol. The van der Waals surface area contributed by atoms with Crippen LogP contribution < -0.4 is 10.7 Å². The summed E-state index contributed by atoms with van der Waals surface area (Å²) in [5.74, 6) is 0.797. The van der Waals surface area contributed by atoms with E-state index in [2.05, 4.69) is 33.0 Å². The molecule has 0 saturated carbocycles.